The Morgan fingerprint density at radius 1 is 1.21 bits per heavy atom. The number of nitrogens with one attached hydrogen (secondary N) is 1. The van der Waals surface area contributed by atoms with Gasteiger partial charge in [0, 0.05) is 31.3 Å². The van der Waals surface area contributed by atoms with Crippen LogP contribution in [0.1, 0.15) is 19.4 Å². The molecule has 0 aliphatic heterocycles. The number of hydrogen-bond acceptors (Lipinski definition) is 4. The summed E-state index contributed by atoms with van der Waals surface area (Å²) in [6, 6.07) is 5.79. The average molecular weight is 267 g/mol. The van der Waals surface area contributed by atoms with E-state index in [1.165, 1.54) is 0 Å². The van der Waals surface area contributed by atoms with Gasteiger partial charge < -0.3 is 19.9 Å². The number of aliphatic hydroxyl groups is 1. The van der Waals surface area contributed by atoms with E-state index < -0.39 is 0 Å². The minimum Gasteiger partial charge on any atom is -0.497 e. The second-order valence-electron chi connectivity index (χ2n) is 5.00. The van der Waals surface area contributed by atoms with Crippen molar-refractivity contribution < 1.29 is 14.6 Å². The summed E-state index contributed by atoms with van der Waals surface area (Å²) in [6.45, 7) is 5.97. The lowest BCUT2D eigenvalue weighted by Gasteiger charge is -2.19. The molecule has 1 aromatic rings. The first-order chi connectivity index (χ1) is 9.12. The Kier molecular flexibility index (Phi) is 6.67. The summed E-state index contributed by atoms with van der Waals surface area (Å²) in [5, 5.41) is 12.6. The third-order valence-electron chi connectivity index (χ3n) is 3.39. The molecule has 0 aliphatic rings. The van der Waals surface area contributed by atoms with Crippen LogP contribution in [0.5, 0.6) is 11.5 Å². The zero-order valence-corrected chi connectivity index (χ0v) is 12.3. The Bertz CT molecular complexity index is 380. The minimum atomic E-state index is 0.213. The summed E-state index contributed by atoms with van der Waals surface area (Å²) < 4.78 is 10.5. The third-order valence-corrected chi connectivity index (χ3v) is 3.39. The Morgan fingerprint density at radius 2 is 1.95 bits per heavy atom. The summed E-state index contributed by atoms with van der Waals surface area (Å²) in [7, 11) is 3.30. The van der Waals surface area contributed by atoms with Crippen molar-refractivity contribution in [3.8, 4) is 11.5 Å². The Balaban J connectivity index is 2.57. The van der Waals surface area contributed by atoms with E-state index in [2.05, 4.69) is 19.2 Å². The maximum absolute atomic E-state index is 9.28. The van der Waals surface area contributed by atoms with Crippen LogP contribution in [0.15, 0.2) is 18.2 Å². The van der Waals surface area contributed by atoms with Crippen LogP contribution in [0.25, 0.3) is 0 Å². The highest BCUT2D eigenvalue weighted by atomic mass is 16.5. The second kappa shape index (κ2) is 8.02. The molecule has 0 radical (unpaired) electrons. The number of hydrogen-bond donors (Lipinski definition) is 2. The van der Waals surface area contributed by atoms with Crippen LogP contribution >= 0.6 is 0 Å². The van der Waals surface area contributed by atoms with Crippen LogP contribution in [0.2, 0.25) is 0 Å². The van der Waals surface area contributed by atoms with Gasteiger partial charge in [0.15, 0.2) is 0 Å². The van der Waals surface area contributed by atoms with E-state index in [4.69, 9.17) is 9.47 Å². The summed E-state index contributed by atoms with van der Waals surface area (Å²) in [4.78, 5) is 0. The maximum atomic E-state index is 9.28. The van der Waals surface area contributed by atoms with Gasteiger partial charge in [0.2, 0.25) is 0 Å². The van der Waals surface area contributed by atoms with Crippen molar-refractivity contribution in [1.29, 1.82) is 0 Å². The van der Waals surface area contributed by atoms with Gasteiger partial charge in [0.25, 0.3) is 0 Å². The normalized spacial score (nSPS) is 12.5. The molecule has 0 saturated carbocycles. The Labute approximate surface area is 115 Å². The maximum Gasteiger partial charge on any atom is 0.127 e. The van der Waals surface area contributed by atoms with Gasteiger partial charge in [0.05, 0.1) is 14.2 Å². The first-order valence-corrected chi connectivity index (χ1v) is 6.64. The molecule has 0 heterocycles. The quantitative estimate of drug-likeness (QED) is 0.757. The number of benzene rings is 1. The number of aliphatic hydroxyl groups excluding tert-OH is 1. The van der Waals surface area contributed by atoms with Crippen molar-refractivity contribution >= 4 is 0 Å². The molecule has 4 nitrogen and oxygen atoms in total. The lowest BCUT2D eigenvalue weighted by Crippen LogP contribution is -2.28. The number of methoxy groups -OCH3 is 2. The van der Waals surface area contributed by atoms with Crippen LogP contribution in [0, 0.1) is 11.8 Å². The first kappa shape index (κ1) is 15.8. The fourth-order valence-electron chi connectivity index (χ4n) is 1.90. The van der Waals surface area contributed by atoms with E-state index in [0.29, 0.717) is 5.92 Å². The molecular formula is C15H25NO3. The van der Waals surface area contributed by atoms with Gasteiger partial charge in [-0.25, -0.2) is 0 Å². The van der Waals surface area contributed by atoms with E-state index in [9.17, 15) is 5.11 Å². The molecule has 0 aliphatic carbocycles. The zero-order valence-electron chi connectivity index (χ0n) is 12.3. The SMILES string of the molecule is COc1ccc(CNCC(CO)C(C)C)c(OC)c1. The van der Waals surface area contributed by atoms with Gasteiger partial charge in [-0.3, -0.25) is 0 Å². The molecule has 4 heteroatoms. The predicted molar refractivity (Wildman–Crippen MR) is 76.7 cm³/mol. The molecule has 1 rings (SSSR count). The third kappa shape index (κ3) is 4.73. The molecule has 0 amide bonds. The van der Waals surface area contributed by atoms with Gasteiger partial charge in [-0.15, -0.1) is 0 Å². The van der Waals surface area contributed by atoms with Crippen molar-refractivity contribution in [2.24, 2.45) is 11.8 Å². The smallest absolute Gasteiger partial charge is 0.127 e. The zero-order chi connectivity index (χ0) is 14.3. The molecule has 108 valence electrons. The number of rotatable bonds is 8. The van der Waals surface area contributed by atoms with E-state index in [0.717, 1.165) is 30.2 Å². The van der Waals surface area contributed by atoms with Crippen LogP contribution in [-0.4, -0.2) is 32.5 Å². The highest BCUT2D eigenvalue weighted by molar-refractivity contribution is 5.40. The lowest BCUT2D eigenvalue weighted by atomic mass is 9.97. The summed E-state index contributed by atoms with van der Waals surface area (Å²) in [5.41, 5.74) is 1.09. The molecule has 2 N–H and O–H groups in total. The fraction of sp³-hybridized carbons (Fsp3) is 0.600. The van der Waals surface area contributed by atoms with Gasteiger partial charge >= 0.3 is 0 Å². The van der Waals surface area contributed by atoms with Crippen LogP contribution in [0.4, 0.5) is 0 Å². The van der Waals surface area contributed by atoms with Crippen molar-refractivity contribution in [2.75, 3.05) is 27.4 Å². The molecule has 0 aromatic heterocycles. The van der Waals surface area contributed by atoms with E-state index in [1.54, 1.807) is 14.2 Å². The molecular weight excluding hydrogens is 242 g/mol. The van der Waals surface area contributed by atoms with Gasteiger partial charge in [0.1, 0.15) is 11.5 Å². The van der Waals surface area contributed by atoms with Gasteiger partial charge in [-0.2, -0.15) is 0 Å². The van der Waals surface area contributed by atoms with Crippen molar-refractivity contribution in [2.45, 2.75) is 20.4 Å². The molecule has 1 aromatic carbocycles. The van der Waals surface area contributed by atoms with Crippen molar-refractivity contribution in [1.82, 2.24) is 5.32 Å². The molecule has 1 unspecified atom stereocenters. The largest absolute Gasteiger partial charge is 0.497 e. The van der Waals surface area contributed by atoms with Crippen molar-refractivity contribution in [3.63, 3.8) is 0 Å². The summed E-state index contributed by atoms with van der Waals surface area (Å²) in [5.74, 6) is 2.35. The van der Waals surface area contributed by atoms with E-state index >= 15 is 0 Å². The van der Waals surface area contributed by atoms with E-state index in [-0.39, 0.29) is 12.5 Å². The van der Waals surface area contributed by atoms with Crippen LogP contribution in [0.3, 0.4) is 0 Å². The lowest BCUT2D eigenvalue weighted by molar-refractivity contribution is 0.186. The molecule has 0 spiro atoms. The molecule has 0 bridgehead atoms. The monoisotopic (exact) mass is 267 g/mol. The molecule has 0 saturated heterocycles. The minimum absolute atomic E-state index is 0.213. The van der Waals surface area contributed by atoms with Crippen molar-refractivity contribution in [3.05, 3.63) is 23.8 Å². The average Bonchev–Trinajstić information content (AvgIpc) is 2.43. The molecule has 0 fully saturated rings. The summed E-state index contributed by atoms with van der Waals surface area (Å²) >= 11 is 0. The standard InChI is InChI=1S/C15H25NO3/c1-11(2)13(10-17)9-16-8-12-5-6-14(18-3)7-15(12)19-4/h5-7,11,13,16-17H,8-10H2,1-4H3. The van der Waals surface area contributed by atoms with Crippen LogP contribution < -0.4 is 14.8 Å². The highest BCUT2D eigenvalue weighted by Gasteiger charge is 2.12. The Hall–Kier alpha value is -1.26. The number of ether oxygens (including phenoxy) is 2. The second-order valence-corrected chi connectivity index (χ2v) is 5.00. The van der Waals surface area contributed by atoms with E-state index in [1.807, 2.05) is 18.2 Å². The predicted octanol–water partition coefficient (Wildman–Crippen LogP) is 2.06. The van der Waals surface area contributed by atoms with Gasteiger partial charge in [-0.05, 0) is 17.9 Å². The molecule has 1 atom stereocenters. The summed E-state index contributed by atoms with van der Waals surface area (Å²) in [6.07, 6.45) is 0. The topological polar surface area (TPSA) is 50.7 Å². The Morgan fingerprint density at radius 3 is 2.47 bits per heavy atom. The fourth-order valence-corrected chi connectivity index (χ4v) is 1.90. The van der Waals surface area contributed by atoms with Gasteiger partial charge in [-0.1, -0.05) is 19.9 Å². The van der Waals surface area contributed by atoms with Crippen LogP contribution in [-0.2, 0) is 6.54 Å². The molecule has 19 heavy (non-hydrogen) atoms. The first-order valence-electron chi connectivity index (χ1n) is 6.64. The highest BCUT2D eigenvalue weighted by Crippen LogP contribution is 2.24.